The average Bonchev–Trinajstić information content (AvgIpc) is 3.14. The van der Waals surface area contributed by atoms with E-state index in [-0.39, 0.29) is 29.0 Å². The van der Waals surface area contributed by atoms with Gasteiger partial charge >= 0.3 is 5.69 Å². The van der Waals surface area contributed by atoms with Gasteiger partial charge < -0.3 is 10.1 Å². The number of amides is 1. The maximum atomic E-state index is 12.5. The number of ether oxygens (including phenoxy) is 1. The molecule has 2 heterocycles. The van der Waals surface area contributed by atoms with Crippen molar-refractivity contribution in [1.82, 2.24) is 20.1 Å². The van der Waals surface area contributed by atoms with E-state index in [4.69, 9.17) is 4.74 Å². The fourth-order valence-corrected chi connectivity index (χ4v) is 4.37. The Morgan fingerprint density at radius 1 is 1.32 bits per heavy atom. The van der Waals surface area contributed by atoms with Gasteiger partial charge in [-0.25, -0.2) is 9.89 Å². The summed E-state index contributed by atoms with van der Waals surface area (Å²) in [5.41, 5.74) is -0.241. The molecular weight excluding hydrogens is 340 g/mol. The van der Waals surface area contributed by atoms with E-state index in [0.29, 0.717) is 11.7 Å². The molecule has 0 spiro atoms. The van der Waals surface area contributed by atoms with Crippen molar-refractivity contribution in [3.63, 3.8) is 0 Å². The first-order valence-electron chi connectivity index (χ1n) is 9.37. The van der Waals surface area contributed by atoms with Gasteiger partial charge in [0.25, 0.3) is 0 Å². The van der Waals surface area contributed by atoms with Gasteiger partial charge in [0.15, 0.2) is 5.16 Å². The molecule has 140 valence electrons. The Balaban J connectivity index is 1.57. The monoisotopic (exact) mass is 368 g/mol. The van der Waals surface area contributed by atoms with Crippen molar-refractivity contribution in [3.8, 4) is 0 Å². The highest BCUT2D eigenvalue weighted by molar-refractivity contribution is 8.00. The summed E-state index contributed by atoms with van der Waals surface area (Å²) in [4.78, 5) is 24.5. The van der Waals surface area contributed by atoms with Gasteiger partial charge in [0.2, 0.25) is 5.91 Å². The molecule has 2 atom stereocenters. The van der Waals surface area contributed by atoms with Crippen molar-refractivity contribution in [2.24, 2.45) is 0 Å². The highest BCUT2D eigenvalue weighted by atomic mass is 32.2. The van der Waals surface area contributed by atoms with Crippen molar-refractivity contribution in [1.29, 1.82) is 0 Å². The number of aromatic nitrogens is 3. The van der Waals surface area contributed by atoms with Crippen LogP contribution in [0, 0.1) is 0 Å². The zero-order valence-electron chi connectivity index (χ0n) is 14.8. The number of aromatic amines is 1. The molecule has 0 radical (unpaired) electrons. The lowest BCUT2D eigenvalue weighted by atomic mass is 10.1. The van der Waals surface area contributed by atoms with E-state index in [1.54, 1.807) is 4.57 Å². The van der Waals surface area contributed by atoms with Gasteiger partial charge in [0, 0.05) is 12.6 Å². The second-order valence-electron chi connectivity index (χ2n) is 7.01. The Kier molecular flexibility index (Phi) is 6.58. The molecule has 1 aromatic heterocycles. The number of carbonyl (C=O) groups is 1. The summed E-state index contributed by atoms with van der Waals surface area (Å²) in [6.45, 7) is 3.11. The van der Waals surface area contributed by atoms with Crippen LogP contribution >= 0.6 is 11.8 Å². The Labute approximate surface area is 152 Å². The number of thioether (sulfide) groups is 1. The molecule has 0 aromatic carbocycles. The predicted molar refractivity (Wildman–Crippen MR) is 96.8 cm³/mol. The van der Waals surface area contributed by atoms with Crippen molar-refractivity contribution in [2.75, 3.05) is 6.61 Å². The molecule has 0 bridgehead atoms. The number of rotatable bonds is 6. The number of nitrogens with one attached hydrogen (secondary N) is 2. The minimum absolute atomic E-state index is 0.0241. The van der Waals surface area contributed by atoms with Gasteiger partial charge in [-0.2, -0.15) is 0 Å². The molecule has 2 aliphatic rings. The lowest BCUT2D eigenvalue weighted by Crippen LogP contribution is -2.39. The first kappa shape index (κ1) is 18.5. The third-order valence-corrected chi connectivity index (χ3v) is 6.08. The maximum absolute atomic E-state index is 12.5. The summed E-state index contributed by atoms with van der Waals surface area (Å²) >= 11 is 1.33. The Morgan fingerprint density at radius 3 is 2.76 bits per heavy atom. The minimum atomic E-state index is -0.290. The Bertz CT molecular complexity index is 616. The van der Waals surface area contributed by atoms with Gasteiger partial charge in [-0.05, 0) is 32.6 Å². The second-order valence-corrected chi connectivity index (χ2v) is 8.32. The molecule has 7 nitrogen and oxygen atoms in total. The summed E-state index contributed by atoms with van der Waals surface area (Å²) in [6.07, 6.45) is 9.08. The van der Waals surface area contributed by atoms with Crippen molar-refractivity contribution < 1.29 is 9.53 Å². The van der Waals surface area contributed by atoms with Crippen LogP contribution in [-0.2, 0) is 16.1 Å². The average molecular weight is 369 g/mol. The van der Waals surface area contributed by atoms with E-state index < -0.39 is 0 Å². The van der Waals surface area contributed by atoms with Crippen LogP contribution in [0.5, 0.6) is 0 Å². The fourth-order valence-electron chi connectivity index (χ4n) is 3.50. The third kappa shape index (κ3) is 5.10. The molecule has 8 heteroatoms. The lowest BCUT2D eigenvalue weighted by Gasteiger charge is -2.19. The SMILES string of the molecule is C[C@@H](Sc1n[nH]c(=O)n1C[C@H]1CCCO1)C(=O)NC1CCCCCC1. The summed E-state index contributed by atoms with van der Waals surface area (Å²) in [6, 6.07) is 0.284. The van der Waals surface area contributed by atoms with Crippen LogP contribution in [0.25, 0.3) is 0 Å². The van der Waals surface area contributed by atoms with Crippen LogP contribution in [0.3, 0.4) is 0 Å². The fraction of sp³-hybridized carbons (Fsp3) is 0.824. The molecule has 1 saturated carbocycles. The zero-order valence-corrected chi connectivity index (χ0v) is 15.6. The second kappa shape index (κ2) is 8.89. The molecule has 3 rings (SSSR count). The topological polar surface area (TPSA) is 89.0 Å². The van der Waals surface area contributed by atoms with E-state index in [9.17, 15) is 9.59 Å². The van der Waals surface area contributed by atoms with E-state index >= 15 is 0 Å². The largest absolute Gasteiger partial charge is 0.376 e. The third-order valence-electron chi connectivity index (χ3n) is 4.99. The van der Waals surface area contributed by atoms with E-state index in [2.05, 4.69) is 15.5 Å². The van der Waals surface area contributed by atoms with E-state index in [1.807, 2.05) is 6.92 Å². The van der Waals surface area contributed by atoms with E-state index in [0.717, 1.165) is 32.3 Å². The highest BCUT2D eigenvalue weighted by Gasteiger charge is 2.24. The normalized spacial score (nSPS) is 23.3. The maximum Gasteiger partial charge on any atom is 0.344 e. The van der Waals surface area contributed by atoms with Gasteiger partial charge in [0.05, 0.1) is 17.9 Å². The number of carbonyl (C=O) groups excluding carboxylic acids is 1. The number of hydrogen-bond donors (Lipinski definition) is 2. The van der Waals surface area contributed by atoms with Crippen molar-refractivity contribution in [3.05, 3.63) is 10.5 Å². The van der Waals surface area contributed by atoms with Crippen molar-refractivity contribution in [2.45, 2.75) is 87.4 Å². The van der Waals surface area contributed by atoms with E-state index in [1.165, 1.54) is 37.4 Å². The van der Waals surface area contributed by atoms with Gasteiger partial charge in [-0.15, -0.1) is 5.10 Å². The molecule has 0 unspecified atom stereocenters. The molecule has 1 aliphatic carbocycles. The predicted octanol–water partition coefficient (Wildman–Crippen LogP) is 2.07. The molecule has 25 heavy (non-hydrogen) atoms. The van der Waals surface area contributed by atoms with Gasteiger partial charge in [-0.3, -0.25) is 9.36 Å². The minimum Gasteiger partial charge on any atom is -0.376 e. The smallest absolute Gasteiger partial charge is 0.344 e. The van der Waals surface area contributed by atoms with Crippen LogP contribution in [0.1, 0.15) is 58.3 Å². The molecule has 1 saturated heterocycles. The molecule has 1 aromatic rings. The zero-order chi connectivity index (χ0) is 17.6. The Hall–Kier alpha value is -1.28. The molecule has 2 fully saturated rings. The van der Waals surface area contributed by atoms with Crippen LogP contribution in [0.15, 0.2) is 9.95 Å². The first-order valence-corrected chi connectivity index (χ1v) is 10.3. The molecular formula is C17H28N4O3S. The molecule has 1 amide bonds. The van der Waals surface area contributed by atoms with Crippen LogP contribution in [0.2, 0.25) is 0 Å². The van der Waals surface area contributed by atoms with Crippen LogP contribution < -0.4 is 11.0 Å². The standard InChI is InChI=1S/C17H28N4O3S/c1-12(15(22)18-13-7-4-2-3-5-8-13)25-17-20-19-16(23)21(17)11-14-9-6-10-24-14/h12-14H,2-11H2,1H3,(H,18,22)(H,19,23)/t12-,14-/m1/s1. The lowest BCUT2D eigenvalue weighted by molar-refractivity contribution is -0.121. The molecule has 1 aliphatic heterocycles. The van der Waals surface area contributed by atoms with Crippen LogP contribution in [0.4, 0.5) is 0 Å². The molecule has 2 N–H and O–H groups in total. The van der Waals surface area contributed by atoms with Crippen LogP contribution in [-0.4, -0.2) is 44.7 Å². The number of nitrogens with zero attached hydrogens (tertiary/aromatic N) is 2. The number of hydrogen-bond acceptors (Lipinski definition) is 5. The number of H-pyrrole nitrogens is 1. The summed E-state index contributed by atoms with van der Waals surface area (Å²) < 4.78 is 7.20. The summed E-state index contributed by atoms with van der Waals surface area (Å²) in [5.74, 6) is 0.0241. The van der Waals surface area contributed by atoms with Gasteiger partial charge in [-0.1, -0.05) is 37.4 Å². The first-order chi connectivity index (χ1) is 12.1. The quantitative estimate of drug-likeness (QED) is 0.593. The van der Waals surface area contributed by atoms with Crippen molar-refractivity contribution >= 4 is 17.7 Å². The highest BCUT2D eigenvalue weighted by Crippen LogP contribution is 2.23. The summed E-state index contributed by atoms with van der Waals surface area (Å²) in [5, 5.41) is 10.0. The summed E-state index contributed by atoms with van der Waals surface area (Å²) in [7, 11) is 0. The Morgan fingerprint density at radius 2 is 2.08 bits per heavy atom. The van der Waals surface area contributed by atoms with Gasteiger partial charge in [0.1, 0.15) is 0 Å².